The first-order valence-corrected chi connectivity index (χ1v) is 50.5. The van der Waals surface area contributed by atoms with Crippen LogP contribution >= 0.6 is 37.9 Å². The van der Waals surface area contributed by atoms with Crippen molar-refractivity contribution in [3.05, 3.63) is 144 Å². The zero-order chi connectivity index (χ0) is 108. The number of rotatable bonds is 69. The van der Waals surface area contributed by atoms with E-state index in [1.807, 2.05) is 0 Å². The van der Waals surface area contributed by atoms with E-state index < -0.39 is 234 Å². The number of aromatic nitrogens is 1. The molecule has 1 heterocycles. The molecule has 1 aliphatic carbocycles. The van der Waals surface area contributed by atoms with Gasteiger partial charge in [-0.2, -0.15) is 37.9 Å². The Kier molecular flexibility index (Phi) is 56.7. The number of hydrogen-bond donors (Lipinski definition) is 31. The van der Waals surface area contributed by atoms with Crippen LogP contribution in [0.1, 0.15) is 140 Å². The number of aliphatic hydroxyl groups is 3. The van der Waals surface area contributed by atoms with Crippen molar-refractivity contribution in [1.82, 2.24) is 101 Å². The lowest BCUT2D eigenvalue weighted by atomic mass is 10.00. The van der Waals surface area contributed by atoms with Crippen molar-refractivity contribution in [2.45, 2.75) is 252 Å². The summed E-state index contributed by atoms with van der Waals surface area (Å²) in [5.74, 6) is -18.1. The van der Waals surface area contributed by atoms with Gasteiger partial charge in [0.15, 0.2) is 5.96 Å². The number of carbonyl (C=O) groups is 18. The maximum atomic E-state index is 15.6. The number of guanidine groups is 1. The first-order chi connectivity index (χ1) is 69.7. The minimum atomic E-state index is -1.93. The van der Waals surface area contributed by atoms with Gasteiger partial charge in [-0.3, -0.25) is 91.7 Å². The number of thiol groups is 3. The number of carbonyl (C=O) groups excluding carboxylic acids is 18. The third-order valence-corrected chi connectivity index (χ3v) is 24.8. The molecular weight excluding hydrogens is 1950 g/mol. The SMILES string of the molecule is CC1CC1.CN[C@@H](CS)C(=O)C(=O)CNC(=O)C(C)NC(=O)[C@H](CCCCN)NC(=O)C(CCCNC(=N)N)NNC(CS)C(=O)N[C@@H](CCCCN)C(=O)NC(CC(N)=O)C(=O)N[C@@H](Cc1ccccc1)C(=O)NC(Cc1ccccc1)C(=O)N[C@@H](Cc1c[nH]c2ccccc12)C(=O)NC(CCCCN)C(=O)N[C@H](C(=O)NC(Cc1ccccc1)C(=O)N[C@H](C(=O)NC(CO)C(=O)C(=O)[C@H](CS)NC)[C@@H](C)O)[C@@H](C)O. The second-order valence-corrected chi connectivity index (χ2v) is 36.7. The highest BCUT2D eigenvalue weighted by molar-refractivity contribution is 7.80. The summed E-state index contributed by atoms with van der Waals surface area (Å²) in [4.78, 5) is 258. The Hall–Kier alpha value is -12.4. The van der Waals surface area contributed by atoms with E-state index in [9.17, 15) is 82.4 Å². The summed E-state index contributed by atoms with van der Waals surface area (Å²) < 4.78 is 0. The standard InChI is InChI=1S/C93H139N25O21S3.C4H8/c1-51(80(127)104-46-73(122)77(124)70(48-140)100-4)105-81(128)60(32-17-20-36-94)106-84(131)63(35-23-39-102-93(98)99)117-118-72(50-142)90(137)108-61(33-18-21-37-95)82(129)112-68(44-74(97)123)88(135)110-64(40-54-24-9-6-10-25-54)85(132)109-65(41-55-26-11-7-12-27-55)86(133)111-67(43-57-45-103-59-31-16-15-30-58(57)59)87(134)107-62(34-19-22-38-96)83(130)115-75(52(2)120)91(138)113-66(42-56-28-13-8-14-29-56)89(136)116-76(53(3)121)92(139)114-69(47-119)78(125)79(126)71(49-141)101-5;1-4-2-3-4/h6-16,24-31,45,51-53,60-72,75-76,100-101,103,117-121,140-142H,17-23,32-44,46-50,94-96H2,1-5H3,(H2,97,123)(H,104,127)(H,105,128)(H,106,131)(H,107,134)(H,108,137)(H,109,132)(H,110,135)(H,111,133)(H,112,129)(H,113,138)(H,114,139)(H,115,130)(H,116,136)(H4,98,99,102);4H,2-3H2,1H3/t51?,52-,53-,60+,61+,62?,63?,64+,65?,66?,67+,68?,69?,70+,71+,72?,75+,76+;/m1./s1. The van der Waals surface area contributed by atoms with Crippen LogP contribution in [0.3, 0.4) is 0 Å². The molecule has 6 rings (SSSR count). The van der Waals surface area contributed by atoms with E-state index in [0.717, 1.165) is 19.8 Å². The number of benzene rings is 4. The smallest absolute Gasteiger partial charge is 0.245 e. The second kappa shape index (κ2) is 66.7. The first kappa shape index (κ1) is 124. The molecule has 0 spiro atoms. The molecule has 0 bridgehead atoms. The van der Waals surface area contributed by atoms with Crippen LogP contribution in [0, 0.1) is 11.3 Å². The molecule has 0 saturated heterocycles. The van der Waals surface area contributed by atoms with Crippen molar-refractivity contribution >= 4 is 161 Å². The average molecular weight is 2100 g/mol. The predicted molar refractivity (Wildman–Crippen MR) is 556 cm³/mol. The Bertz CT molecular complexity index is 5090. The fraction of sp³-hybridized carbons (Fsp3) is 0.536. The van der Waals surface area contributed by atoms with E-state index in [2.05, 4.69) is 146 Å². The van der Waals surface area contributed by atoms with Gasteiger partial charge >= 0.3 is 0 Å². The van der Waals surface area contributed by atoms with E-state index >= 15 is 19.2 Å². The van der Waals surface area contributed by atoms with E-state index in [0.29, 0.717) is 52.4 Å². The maximum Gasteiger partial charge on any atom is 0.245 e. The molecule has 4 aromatic carbocycles. The minimum Gasteiger partial charge on any atom is -0.394 e. The molecule has 14 amide bonds. The van der Waals surface area contributed by atoms with Crippen molar-refractivity contribution in [1.29, 1.82) is 5.41 Å². The summed E-state index contributed by atoms with van der Waals surface area (Å²) in [6.45, 7) is 4.62. The number of unbranched alkanes of at least 4 members (excludes halogenated alkanes) is 3. The number of hydrogen-bond acceptors (Lipinski definition) is 32. The molecule has 1 aliphatic rings. The topological polar surface area (TPSA) is 754 Å². The summed E-state index contributed by atoms with van der Waals surface area (Å²) in [5.41, 5.74) is 36.9. The highest BCUT2D eigenvalue weighted by atomic mass is 32.1. The number of para-hydroxylation sites is 1. The number of Topliss-reactive ketones (excluding diaryl/α,β-unsaturated/α-hetero) is 4. The summed E-state index contributed by atoms with van der Waals surface area (Å²) in [7, 11) is 2.84. The molecule has 804 valence electrons. The van der Waals surface area contributed by atoms with Gasteiger partial charge in [0.1, 0.15) is 84.6 Å². The van der Waals surface area contributed by atoms with Crippen LogP contribution in [-0.2, 0) is 112 Å². The summed E-state index contributed by atoms with van der Waals surface area (Å²) in [6.07, 6.45) is 0.386. The van der Waals surface area contributed by atoms with Gasteiger partial charge < -0.3 is 134 Å². The number of hydrazine groups is 1. The number of nitrogens with one attached hydrogen (secondary N) is 20. The normalized spacial score (nSPS) is 15.3. The van der Waals surface area contributed by atoms with Crippen molar-refractivity contribution in [3.8, 4) is 0 Å². The Morgan fingerprint density at radius 2 is 0.726 bits per heavy atom. The highest BCUT2D eigenvalue weighted by Gasteiger charge is 2.41. The second-order valence-electron chi connectivity index (χ2n) is 35.6. The van der Waals surface area contributed by atoms with Gasteiger partial charge in [-0.15, -0.1) is 0 Å². The third kappa shape index (κ3) is 43.7. The number of nitrogens with two attached hydrogens (primary N) is 5. The molecule has 18 atom stereocenters. The number of aliphatic hydroxyl groups excluding tert-OH is 3. The molecule has 5 aromatic rings. The lowest BCUT2D eigenvalue weighted by Gasteiger charge is -2.29. The Labute approximate surface area is 864 Å². The zero-order valence-electron chi connectivity index (χ0n) is 83.0. The van der Waals surface area contributed by atoms with Gasteiger partial charge in [-0.25, -0.2) is 10.9 Å². The number of fused-ring (bicyclic) bond motifs is 1. The number of H-pyrrole nitrogens is 1. The van der Waals surface area contributed by atoms with Gasteiger partial charge in [-0.05, 0) is 159 Å². The van der Waals surface area contributed by atoms with E-state index in [1.54, 1.807) is 121 Å². The van der Waals surface area contributed by atoms with Crippen molar-refractivity contribution in [3.63, 3.8) is 0 Å². The number of primary amides is 1. The molecule has 33 N–H and O–H groups in total. The third-order valence-electron chi connectivity index (χ3n) is 23.7. The molecular formula is C97H147N25O21S3. The average Bonchev–Trinajstić information content (AvgIpc) is 1.53. The van der Waals surface area contributed by atoms with E-state index in [-0.39, 0.29) is 126 Å². The Morgan fingerprint density at radius 1 is 0.390 bits per heavy atom. The first-order valence-electron chi connectivity index (χ1n) is 48.6. The fourth-order valence-electron chi connectivity index (χ4n) is 14.8. The number of aromatic amines is 1. The highest BCUT2D eigenvalue weighted by Crippen LogP contribution is 2.27. The van der Waals surface area contributed by atoms with Crippen LogP contribution in [0.2, 0.25) is 0 Å². The maximum absolute atomic E-state index is 15.6. The molecule has 1 fully saturated rings. The van der Waals surface area contributed by atoms with E-state index in [4.69, 9.17) is 34.1 Å². The lowest BCUT2D eigenvalue weighted by Crippen LogP contribution is -2.63. The van der Waals surface area contributed by atoms with E-state index in [1.165, 1.54) is 33.9 Å². The predicted octanol–water partition coefficient (Wildman–Crippen LogP) is -5.84. The lowest BCUT2D eigenvalue weighted by molar-refractivity contribution is -0.141. The Balaban J connectivity index is 0.00000913. The molecule has 1 saturated carbocycles. The fourth-order valence-corrected chi connectivity index (χ4v) is 15.8. The van der Waals surface area contributed by atoms with Crippen LogP contribution in [0.25, 0.3) is 10.9 Å². The monoisotopic (exact) mass is 2090 g/mol. The van der Waals surface area contributed by atoms with Gasteiger partial charge in [-0.1, -0.05) is 129 Å². The van der Waals surface area contributed by atoms with Crippen molar-refractivity contribution in [2.24, 2.45) is 34.6 Å². The van der Waals surface area contributed by atoms with Crippen LogP contribution in [0.15, 0.2) is 121 Å². The van der Waals surface area contributed by atoms with Gasteiger partial charge in [0.05, 0.1) is 43.9 Å². The molecule has 1 aromatic heterocycles. The van der Waals surface area contributed by atoms with Crippen molar-refractivity contribution in [2.75, 3.05) is 70.7 Å². The number of amides is 14. The summed E-state index contributed by atoms with van der Waals surface area (Å²) in [5, 5.41) is 81.7. The molecule has 46 nitrogen and oxygen atoms in total. The van der Waals surface area contributed by atoms with Gasteiger partial charge in [0.2, 0.25) is 106 Å². The quantitative estimate of drug-likeness (QED) is 0.00431. The summed E-state index contributed by atoms with van der Waals surface area (Å²) >= 11 is 12.5. The van der Waals surface area contributed by atoms with Crippen LogP contribution < -0.4 is 125 Å². The number of likely N-dealkylation sites (N-methyl/N-ethyl adjacent to an activating group) is 2. The van der Waals surface area contributed by atoms with Gasteiger partial charge in [0.25, 0.3) is 0 Å². The molecule has 0 radical (unpaired) electrons. The molecule has 146 heavy (non-hydrogen) atoms. The largest absolute Gasteiger partial charge is 0.394 e. The van der Waals surface area contributed by atoms with Crippen LogP contribution in [0.5, 0.6) is 0 Å². The molecule has 8 unspecified atom stereocenters. The van der Waals surface area contributed by atoms with Crippen molar-refractivity contribution < 1.29 is 102 Å². The zero-order valence-corrected chi connectivity index (χ0v) is 85.7. The summed E-state index contributed by atoms with van der Waals surface area (Å²) in [6, 6.07) is 6.91. The molecule has 49 heteroatoms. The Morgan fingerprint density at radius 3 is 1.13 bits per heavy atom. The number of ketones is 4. The van der Waals surface area contributed by atoms with Crippen LogP contribution in [-0.4, -0.2) is 312 Å². The van der Waals surface area contributed by atoms with Crippen LogP contribution in [0.4, 0.5) is 0 Å². The van der Waals surface area contributed by atoms with Gasteiger partial charge in [0, 0.05) is 66.6 Å². The molecule has 0 aliphatic heterocycles. The minimum absolute atomic E-state index is 0.00254.